The molecule has 0 aromatic carbocycles. The Hall–Kier alpha value is -1.28. The predicted octanol–water partition coefficient (Wildman–Crippen LogP) is 1.64. The Kier molecular flexibility index (Phi) is 4.31. The van der Waals surface area contributed by atoms with Gasteiger partial charge >= 0.3 is 0 Å². The summed E-state index contributed by atoms with van der Waals surface area (Å²) in [5.41, 5.74) is 6.31. The van der Waals surface area contributed by atoms with E-state index in [2.05, 4.69) is 9.71 Å². The third kappa shape index (κ3) is 3.38. The van der Waals surface area contributed by atoms with Gasteiger partial charge in [0.2, 0.25) is 0 Å². The molecule has 0 aliphatic heterocycles. The van der Waals surface area contributed by atoms with E-state index in [1.807, 2.05) is 6.07 Å². The Morgan fingerprint density at radius 3 is 2.79 bits per heavy atom. The highest BCUT2D eigenvalue weighted by atomic mass is 32.2. The van der Waals surface area contributed by atoms with Crippen molar-refractivity contribution in [3.05, 3.63) is 47.1 Å². The minimum Gasteiger partial charge on any atom is -0.326 e. The van der Waals surface area contributed by atoms with E-state index in [9.17, 15) is 8.42 Å². The standard InChI is InChI=1S/C12H15N3O2S2/c1-9(10-3-2-6-14-8-10)15-19(16,17)12-5-4-11(7-13)18-12/h2-6,8-9,15H,7,13H2,1H3. The van der Waals surface area contributed by atoms with Crippen LogP contribution in [0, 0.1) is 0 Å². The third-order valence-corrected chi connectivity index (χ3v) is 5.76. The minimum atomic E-state index is -3.51. The van der Waals surface area contributed by atoms with Gasteiger partial charge in [-0.25, -0.2) is 13.1 Å². The second-order valence-electron chi connectivity index (χ2n) is 4.05. The van der Waals surface area contributed by atoms with Crippen LogP contribution >= 0.6 is 11.3 Å². The van der Waals surface area contributed by atoms with Crippen LogP contribution in [0.25, 0.3) is 0 Å². The van der Waals surface area contributed by atoms with Gasteiger partial charge in [0.15, 0.2) is 0 Å². The third-order valence-electron chi connectivity index (χ3n) is 2.62. The van der Waals surface area contributed by atoms with Crippen molar-refractivity contribution in [1.82, 2.24) is 9.71 Å². The zero-order valence-electron chi connectivity index (χ0n) is 10.4. The number of sulfonamides is 1. The zero-order chi connectivity index (χ0) is 13.9. The van der Waals surface area contributed by atoms with Crippen molar-refractivity contribution in [3.8, 4) is 0 Å². The fourth-order valence-corrected chi connectivity index (χ4v) is 4.09. The number of nitrogens with two attached hydrogens (primary N) is 1. The first-order chi connectivity index (χ1) is 9.03. The number of thiophene rings is 1. The molecule has 0 fully saturated rings. The Morgan fingerprint density at radius 2 is 2.21 bits per heavy atom. The summed E-state index contributed by atoms with van der Waals surface area (Å²) in [7, 11) is -3.51. The molecule has 0 bridgehead atoms. The summed E-state index contributed by atoms with van der Waals surface area (Å²) >= 11 is 1.19. The summed E-state index contributed by atoms with van der Waals surface area (Å²) in [4.78, 5) is 4.82. The maximum atomic E-state index is 12.2. The van der Waals surface area contributed by atoms with Gasteiger partial charge in [0.25, 0.3) is 10.0 Å². The van der Waals surface area contributed by atoms with Crippen LogP contribution < -0.4 is 10.5 Å². The van der Waals surface area contributed by atoms with Crippen molar-refractivity contribution in [2.75, 3.05) is 0 Å². The number of pyridine rings is 1. The number of aromatic nitrogens is 1. The summed E-state index contributed by atoms with van der Waals surface area (Å²) < 4.78 is 27.3. The molecule has 3 N–H and O–H groups in total. The highest BCUT2D eigenvalue weighted by Gasteiger charge is 2.20. The molecule has 2 rings (SSSR count). The molecule has 1 atom stereocenters. The van der Waals surface area contributed by atoms with Gasteiger partial charge in [-0.15, -0.1) is 11.3 Å². The highest BCUT2D eigenvalue weighted by Crippen LogP contribution is 2.23. The molecule has 2 aromatic heterocycles. The van der Waals surface area contributed by atoms with Gasteiger partial charge in [-0.05, 0) is 30.7 Å². The molecule has 2 aromatic rings. The molecular weight excluding hydrogens is 282 g/mol. The molecule has 102 valence electrons. The van der Waals surface area contributed by atoms with Crippen LogP contribution in [0.5, 0.6) is 0 Å². The number of hydrogen-bond donors (Lipinski definition) is 2. The lowest BCUT2D eigenvalue weighted by molar-refractivity contribution is 0.568. The zero-order valence-corrected chi connectivity index (χ0v) is 12.0. The van der Waals surface area contributed by atoms with Crippen molar-refractivity contribution < 1.29 is 8.42 Å². The fraction of sp³-hybridized carbons (Fsp3) is 0.250. The van der Waals surface area contributed by atoms with Gasteiger partial charge < -0.3 is 5.73 Å². The number of nitrogens with zero attached hydrogens (tertiary/aromatic N) is 1. The topological polar surface area (TPSA) is 85.1 Å². The van der Waals surface area contributed by atoms with Crippen molar-refractivity contribution in [2.45, 2.75) is 23.7 Å². The van der Waals surface area contributed by atoms with Crippen LogP contribution in [-0.2, 0) is 16.6 Å². The molecule has 2 heterocycles. The van der Waals surface area contributed by atoms with Crippen LogP contribution in [0.1, 0.15) is 23.4 Å². The number of hydrogen-bond acceptors (Lipinski definition) is 5. The van der Waals surface area contributed by atoms with Gasteiger partial charge in [0.1, 0.15) is 4.21 Å². The molecule has 0 spiro atoms. The van der Waals surface area contributed by atoms with E-state index in [-0.39, 0.29) is 10.3 Å². The first kappa shape index (κ1) is 14.1. The van der Waals surface area contributed by atoms with Crippen molar-refractivity contribution in [1.29, 1.82) is 0 Å². The Morgan fingerprint density at radius 1 is 1.42 bits per heavy atom. The fourth-order valence-electron chi connectivity index (χ4n) is 1.60. The van der Waals surface area contributed by atoms with Crippen molar-refractivity contribution >= 4 is 21.4 Å². The molecule has 1 unspecified atom stereocenters. The monoisotopic (exact) mass is 297 g/mol. The van der Waals surface area contributed by atoms with Crippen molar-refractivity contribution in [3.63, 3.8) is 0 Å². The van der Waals surface area contributed by atoms with Gasteiger partial charge in [0.05, 0.1) is 0 Å². The lowest BCUT2D eigenvalue weighted by Gasteiger charge is -2.13. The summed E-state index contributed by atoms with van der Waals surface area (Å²) in [6.45, 7) is 2.13. The SMILES string of the molecule is CC(NS(=O)(=O)c1ccc(CN)s1)c1cccnc1. The van der Waals surface area contributed by atoms with Gasteiger partial charge in [-0.2, -0.15) is 0 Å². The first-order valence-corrected chi connectivity index (χ1v) is 8.04. The van der Waals surface area contributed by atoms with Gasteiger partial charge in [-0.3, -0.25) is 4.98 Å². The quantitative estimate of drug-likeness (QED) is 0.878. The van der Waals surface area contributed by atoms with Crippen LogP contribution in [0.2, 0.25) is 0 Å². The Bertz CT molecular complexity index is 638. The average Bonchev–Trinajstić information content (AvgIpc) is 2.89. The van der Waals surface area contributed by atoms with Crippen molar-refractivity contribution in [2.24, 2.45) is 5.73 Å². The smallest absolute Gasteiger partial charge is 0.250 e. The van der Waals surface area contributed by atoms with Gasteiger partial charge in [0, 0.05) is 29.9 Å². The molecular formula is C12H15N3O2S2. The van der Waals surface area contributed by atoms with E-state index >= 15 is 0 Å². The summed E-state index contributed by atoms with van der Waals surface area (Å²) in [5, 5.41) is 0. The molecule has 0 saturated heterocycles. The second kappa shape index (κ2) is 5.79. The molecule has 0 aliphatic carbocycles. The lowest BCUT2D eigenvalue weighted by atomic mass is 10.2. The van der Waals surface area contributed by atoms with Gasteiger partial charge in [-0.1, -0.05) is 6.07 Å². The molecule has 7 heteroatoms. The molecule has 5 nitrogen and oxygen atoms in total. The lowest BCUT2D eigenvalue weighted by Crippen LogP contribution is -2.26. The normalized spacial score (nSPS) is 13.4. The first-order valence-electron chi connectivity index (χ1n) is 5.74. The van der Waals surface area contributed by atoms with E-state index in [4.69, 9.17) is 5.73 Å². The largest absolute Gasteiger partial charge is 0.326 e. The summed E-state index contributed by atoms with van der Waals surface area (Å²) in [6.07, 6.45) is 3.30. The number of nitrogens with one attached hydrogen (secondary N) is 1. The molecule has 0 aliphatic rings. The Balaban J connectivity index is 2.17. The molecule has 0 saturated carbocycles. The molecule has 19 heavy (non-hydrogen) atoms. The number of rotatable bonds is 5. The summed E-state index contributed by atoms with van der Waals surface area (Å²) in [6, 6.07) is 6.58. The van der Waals surface area contributed by atoms with Crippen LogP contribution in [0.15, 0.2) is 40.9 Å². The van der Waals surface area contributed by atoms with E-state index in [1.54, 1.807) is 37.5 Å². The predicted molar refractivity (Wildman–Crippen MR) is 75.2 cm³/mol. The molecule has 0 radical (unpaired) electrons. The van der Waals surface area contributed by atoms with Crippen LogP contribution in [0.4, 0.5) is 0 Å². The minimum absolute atomic E-state index is 0.281. The highest BCUT2D eigenvalue weighted by molar-refractivity contribution is 7.91. The van der Waals surface area contributed by atoms with Crippen LogP contribution in [-0.4, -0.2) is 13.4 Å². The van der Waals surface area contributed by atoms with Crippen LogP contribution in [0.3, 0.4) is 0 Å². The average molecular weight is 297 g/mol. The second-order valence-corrected chi connectivity index (χ2v) is 7.16. The maximum Gasteiger partial charge on any atom is 0.250 e. The Labute approximate surface area is 116 Å². The maximum absolute atomic E-state index is 12.2. The van der Waals surface area contributed by atoms with E-state index in [0.717, 1.165) is 10.4 Å². The molecule has 0 amide bonds. The van der Waals surface area contributed by atoms with E-state index < -0.39 is 10.0 Å². The van der Waals surface area contributed by atoms with E-state index in [1.165, 1.54) is 11.3 Å². The van der Waals surface area contributed by atoms with E-state index in [0.29, 0.717) is 6.54 Å². The summed E-state index contributed by atoms with van der Waals surface area (Å²) in [5.74, 6) is 0.